The van der Waals surface area contributed by atoms with Gasteiger partial charge in [0.1, 0.15) is 6.04 Å². The van der Waals surface area contributed by atoms with Gasteiger partial charge in [-0.1, -0.05) is 46.7 Å². The Morgan fingerprint density at radius 1 is 1.15 bits per heavy atom. The number of carbonyl (C=O) groups excluding carboxylic acids is 2. The SMILES string of the molecule is O=C(Nc1nc2ccccc2s1)C1CCCN1C(=O)c1cc(Cl)cc(Cl)c1. The van der Waals surface area contributed by atoms with E-state index >= 15 is 0 Å². The lowest BCUT2D eigenvalue weighted by atomic mass is 10.1. The van der Waals surface area contributed by atoms with E-state index in [-0.39, 0.29) is 11.8 Å². The molecule has 0 spiro atoms. The van der Waals surface area contributed by atoms with Crippen molar-refractivity contribution in [3.8, 4) is 0 Å². The smallest absolute Gasteiger partial charge is 0.254 e. The number of amides is 2. The summed E-state index contributed by atoms with van der Waals surface area (Å²) in [5, 5.41) is 4.17. The third-order valence-corrected chi connectivity index (χ3v) is 5.84. The minimum absolute atomic E-state index is 0.229. The van der Waals surface area contributed by atoms with E-state index in [0.29, 0.717) is 33.7 Å². The molecule has 1 N–H and O–H groups in total. The summed E-state index contributed by atoms with van der Waals surface area (Å²) in [5.74, 6) is -0.477. The lowest BCUT2D eigenvalue weighted by molar-refractivity contribution is -0.119. The lowest BCUT2D eigenvalue weighted by Crippen LogP contribution is -2.43. The number of carbonyl (C=O) groups is 2. The standard InChI is InChI=1S/C19H15Cl2N3O2S/c20-12-8-11(9-13(21)10-12)18(26)24-7-3-5-15(24)17(25)23-19-22-14-4-1-2-6-16(14)27-19/h1-2,4,6,8-10,15H,3,5,7H2,(H,22,23,25). The molecule has 0 radical (unpaired) electrons. The monoisotopic (exact) mass is 419 g/mol. The number of hydrogen-bond acceptors (Lipinski definition) is 4. The summed E-state index contributed by atoms with van der Waals surface area (Å²) >= 11 is 13.4. The Bertz CT molecular complexity index is 983. The average molecular weight is 420 g/mol. The van der Waals surface area contributed by atoms with Gasteiger partial charge in [-0.3, -0.25) is 9.59 Å². The van der Waals surface area contributed by atoms with E-state index in [1.165, 1.54) is 11.3 Å². The number of anilines is 1. The second-order valence-electron chi connectivity index (χ2n) is 6.29. The molecule has 1 atom stereocenters. The first-order valence-electron chi connectivity index (χ1n) is 8.45. The van der Waals surface area contributed by atoms with Crippen LogP contribution < -0.4 is 5.32 Å². The van der Waals surface area contributed by atoms with Gasteiger partial charge in [-0.2, -0.15) is 0 Å². The summed E-state index contributed by atoms with van der Waals surface area (Å²) in [6.07, 6.45) is 1.37. The van der Waals surface area contributed by atoms with Crippen molar-refractivity contribution in [2.24, 2.45) is 0 Å². The molecule has 1 aromatic heterocycles. The minimum atomic E-state index is -0.540. The van der Waals surface area contributed by atoms with Crippen molar-refractivity contribution in [2.45, 2.75) is 18.9 Å². The Morgan fingerprint density at radius 3 is 2.63 bits per heavy atom. The number of thiazole rings is 1. The van der Waals surface area contributed by atoms with Gasteiger partial charge in [-0.05, 0) is 43.2 Å². The van der Waals surface area contributed by atoms with Crippen molar-refractivity contribution in [1.82, 2.24) is 9.88 Å². The molecule has 4 rings (SSSR count). The normalized spacial score (nSPS) is 16.7. The van der Waals surface area contributed by atoms with E-state index in [9.17, 15) is 9.59 Å². The van der Waals surface area contributed by atoms with Crippen LogP contribution in [0.1, 0.15) is 23.2 Å². The van der Waals surface area contributed by atoms with Crippen LogP contribution in [0.3, 0.4) is 0 Å². The van der Waals surface area contributed by atoms with Crippen molar-refractivity contribution in [3.63, 3.8) is 0 Å². The molecule has 0 saturated carbocycles. The second-order valence-corrected chi connectivity index (χ2v) is 8.19. The largest absolute Gasteiger partial charge is 0.327 e. The van der Waals surface area contributed by atoms with Gasteiger partial charge in [0.05, 0.1) is 10.2 Å². The van der Waals surface area contributed by atoms with Crippen LogP contribution in [0.25, 0.3) is 10.2 Å². The summed E-state index contributed by atoms with van der Waals surface area (Å²) in [7, 11) is 0. The van der Waals surface area contributed by atoms with Crippen LogP contribution in [0.15, 0.2) is 42.5 Å². The number of nitrogens with one attached hydrogen (secondary N) is 1. The Hall–Kier alpha value is -2.15. The zero-order chi connectivity index (χ0) is 19.0. The molecule has 2 aromatic carbocycles. The highest BCUT2D eigenvalue weighted by Crippen LogP contribution is 2.28. The number of benzene rings is 2. The number of aromatic nitrogens is 1. The average Bonchev–Trinajstić information content (AvgIpc) is 3.26. The van der Waals surface area contributed by atoms with Crippen molar-refractivity contribution in [2.75, 3.05) is 11.9 Å². The molecule has 138 valence electrons. The predicted octanol–water partition coefficient (Wildman–Crippen LogP) is 4.85. The van der Waals surface area contributed by atoms with E-state index in [1.54, 1.807) is 23.1 Å². The van der Waals surface area contributed by atoms with Crippen LogP contribution in [-0.2, 0) is 4.79 Å². The van der Waals surface area contributed by atoms with Crippen molar-refractivity contribution in [3.05, 3.63) is 58.1 Å². The molecule has 2 amide bonds. The summed E-state index contributed by atoms with van der Waals surface area (Å²) in [4.78, 5) is 31.7. The molecule has 1 aliphatic heterocycles. The van der Waals surface area contributed by atoms with Gasteiger partial charge in [0.2, 0.25) is 5.91 Å². The van der Waals surface area contributed by atoms with Crippen LogP contribution >= 0.6 is 34.5 Å². The van der Waals surface area contributed by atoms with Crippen LogP contribution in [0.2, 0.25) is 10.0 Å². The van der Waals surface area contributed by atoms with E-state index < -0.39 is 6.04 Å². The fourth-order valence-electron chi connectivity index (χ4n) is 3.24. The van der Waals surface area contributed by atoms with Gasteiger partial charge in [0.15, 0.2) is 5.13 Å². The first kappa shape index (κ1) is 18.2. The number of rotatable bonds is 3. The number of likely N-dealkylation sites (tertiary alicyclic amines) is 1. The van der Waals surface area contributed by atoms with Crippen LogP contribution in [0.5, 0.6) is 0 Å². The topological polar surface area (TPSA) is 62.3 Å². The molecule has 5 nitrogen and oxygen atoms in total. The van der Waals surface area contributed by atoms with Crippen LogP contribution in [0.4, 0.5) is 5.13 Å². The summed E-state index contributed by atoms with van der Waals surface area (Å²) < 4.78 is 1.00. The first-order chi connectivity index (χ1) is 13.0. The fourth-order valence-corrected chi connectivity index (χ4v) is 4.63. The Morgan fingerprint density at radius 2 is 1.89 bits per heavy atom. The predicted molar refractivity (Wildman–Crippen MR) is 109 cm³/mol. The third-order valence-electron chi connectivity index (χ3n) is 4.45. The van der Waals surface area contributed by atoms with Gasteiger partial charge >= 0.3 is 0 Å². The van der Waals surface area contributed by atoms with E-state index in [0.717, 1.165) is 16.6 Å². The van der Waals surface area contributed by atoms with Gasteiger partial charge in [0.25, 0.3) is 5.91 Å². The lowest BCUT2D eigenvalue weighted by Gasteiger charge is -2.23. The highest BCUT2D eigenvalue weighted by atomic mass is 35.5. The summed E-state index contributed by atoms with van der Waals surface area (Å²) in [6.45, 7) is 0.515. The minimum Gasteiger partial charge on any atom is -0.327 e. The molecule has 1 saturated heterocycles. The number of fused-ring (bicyclic) bond motifs is 1. The Kier molecular flexibility index (Phi) is 5.04. The molecule has 8 heteroatoms. The van der Waals surface area contributed by atoms with Crippen LogP contribution in [0, 0.1) is 0 Å². The van der Waals surface area contributed by atoms with Gasteiger partial charge in [-0.25, -0.2) is 4.98 Å². The van der Waals surface area contributed by atoms with Gasteiger partial charge in [0, 0.05) is 22.2 Å². The Labute approximate surface area is 169 Å². The maximum absolute atomic E-state index is 12.9. The van der Waals surface area contributed by atoms with Crippen molar-refractivity contribution < 1.29 is 9.59 Å². The summed E-state index contributed by atoms with van der Waals surface area (Å²) in [6, 6.07) is 11.9. The quantitative estimate of drug-likeness (QED) is 0.659. The van der Waals surface area contributed by atoms with E-state index in [2.05, 4.69) is 10.3 Å². The highest BCUT2D eigenvalue weighted by molar-refractivity contribution is 7.22. The second kappa shape index (κ2) is 7.46. The number of halogens is 2. The molecule has 1 unspecified atom stereocenters. The number of para-hydroxylation sites is 1. The number of nitrogens with zero attached hydrogens (tertiary/aromatic N) is 2. The molecule has 2 heterocycles. The molecule has 0 aliphatic carbocycles. The maximum Gasteiger partial charge on any atom is 0.254 e. The highest BCUT2D eigenvalue weighted by Gasteiger charge is 2.35. The zero-order valence-electron chi connectivity index (χ0n) is 14.1. The molecular formula is C19H15Cl2N3O2S. The van der Waals surface area contributed by atoms with E-state index in [4.69, 9.17) is 23.2 Å². The molecule has 3 aromatic rings. The number of hydrogen-bond donors (Lipinski definition) is 1. The molecule has 1 aliphatic rings. The van der Waals surface area contributed by atoms with E-state index in [1.807, 2.05) is 24.3 Å². The Balaban J connectivity index is 1.53. The zero-order valence-corrected chi connectivity index (χ0v) is 16.4. The molecule has 0 bridgehead atoms. The first-order valence-corrected chi connectivity index (χ1v) is 10.0. The van der Waals surface area contributed by atoms with Crippen LogP contribution in [-0.4, -0.2) is 34.3 Å². The third kappa shape index (κ3) is 3.78. The van der Waals surface area contributed by atoms with Gasteiger partial charge in [-0.15, -0.1) is 0 Å². The van der Waals surface area contributed by atoms with Crippen molar-refractivity contribution >= 4 is 61.7 Å². The molecule has 1 fully saturated rings. The van der Waals surface area contributed by atoms with Crippen molar-refractivity contribution in [1.29, 1.82) is 0 Å². The maximum atomic E-state index is 12.9. The molecule has 27 heavy (non-hydrogen) atoms. The fraction of sp³-hybridized carbons (Fsp3) is 0.211. The summed E-state index contributed by atoms with van der Waals surface area (Å²) in [5.41, 5.74) is 1.22. The molecular weight excluding hydrogens is 405 g/mol. The van der Waals surface area contributed by atoms with Gasteiger partial charge < -0.3 is 10.2 Å².